The Bertz CT molecular complexity index is 334. The second-order valence-electron chi connectivity index (χ2n) is 4.98. The zero-order valence-electron chi connectivity index (χ0n) is 12.1. The third-order valence-corrected chi connectivity index (χ3v) is 4.23. The van der Waals surface area contributed by atoms with E-state index < -0.39 is 0 Å². The molecule has 19 heavy (non-hydrogen) atoms. The lowest BCUT2D eigenvalue weighted by Gasteiger charge is -2.02. The van der Waals surface area contributed by atoms with Crippen LogP contribution in [-0.2, 0) is 0 Å². The Hall–Kier alpha value is -0.760. The Balaban J connectivity index is 1.95. The number of hydrogen-bond donors (Lipinski definition) is 0. The SMILES string of the molecule is CCCCCCCCCCSC(=O)c1ccccc1. The molecule has 0 radical (unpaired) electrons. The second kappa shape index (κ2) is 11.1. The molecule has 0 unspecified atom stereocenters. The summed E-state index contributed by atoms with van der Waals surface area (Å²) in [5.41, 5.74) is 0.826. The number of carbonyl (C=O) groups is 1. The molecule has 1 aromatic rings. The van der Waals surface area contributed by atoms with Crippen molar-refractivity contribution >= 4 is 16.9 Å². The van der Waals surface area contributed by atoms with Gasteiger partial charge < -0.3 is 0 Å². The minimum atomic E-state index is 0.212. The van der Waals surface area contributed by atoms with Crippen LogP contribution < -0.4 is 0 Å². The summed E-state index contributed by atoms with van der Waals surface area (Å²) in [6.45, 7) is 2.25. The molecule has 0 fully saturated rings. The normalized spacial score (nSPS) is 10.6. The van der Waals surface area contributed by atoms with E-state index in [0.717, 1.165) is 17.7 Å². The predicted octanol–water partition coefficient (Wildman–Crippen LogP) is 5.70. The van der Waals surface area contributed by atoms with Crippen LogP contribution in [0.3, 0.4) is 0 Å². The molecule has 0 aliphatic carbocycles. The maximum atomic E-state index is 11.8. The summed E-state index contributed by atoms with van der Waals surface area (Å²) >= 11 is 1.46. The van der Waals surface area contributed by atoms with E-state index in [9.17, 15) is 4.79 Å². The first kappa shape index (κ1) is 16.3. The van der Waals surface area contributed by atoms with Crippen molar-refractivity contribution in [3.63, 3.8) is 0 Å². The summed E-state index contributed by atoms with van der Waals surface area (Å²) in [7, 11) is 0. The van der Waals surface area contributed by atoms with Gasteiger partial charge in [0.25, 0.3) is 0 Å². The van der Waals surface area contributed by atoms with Crippen molar-refractivity contribution in [1.29, 1.82) is 0 Å². The van der Waals surface area contributed by atoms with E-state index in [1.807, 2.05) is 30.3 Å². The molecule has 106 valence electrons. The van der Waals surface area contributed by atoms with Crippen molar-refractivity contribution in [3.8, 4) is 0 Å². The number of rotatable bonds is 10. The van der Waals surface area contributed by atoms with E-state index in [1.54, 1.807) is 0 Å². The van der Waals surface area contributed by atoms with Gasteiger partial charge in [-0.3, -0.25) is 4.79 Å². The molecule has 0 saturated heterocycles. The Morgan fingerprint density at radius 1 is 0.895 bits per heavy atom. The Morgan fingerprint density at radius 2 is 1.47 bits per heavy atom. The summed E-state index contributed by atoms with van der Waals surface area (Å²) in [6, 6.07) is 9.57. The highest BCUT2D eigenvalue weighted by molar-refractivity contribution is 8.14. The molecule has 0 bridgehead atoms. The Labute approximate surface area is 122 Å². The minimum Gasteiger partial charge on any atom is -0.282 e. The molecular formula is C17H26OS. The lowest BCUT2D eigenvalue weighted by molar-refractivity contribution is 0.108. The molecule has 0 heterocycles. The molecule has 0 spiro atoms. The van der Waals surface area contributed by atoms with Gasteiger partial charge in [-0.05, 0) is 6.42 Å². The number of benzene rings is 1. The van der Waals surface area contributed by atoms with Gasteiger partial charge in [0.1, 0.15) is 0 Å². The largest absolute Gasteiger partial charge is 0.282 e. The van der Waals surface area contributed by atoms with Gasteiger partial charge in [-0.15, -0.1) is 0 Å². The van der Waals surface area contributed by atoms with E-state index >= 15 is 0 Å². The van der Waals surface area contributed by atoms with E-state index in [2.05, 4.69) is 6.92 Å². The monoisotopic (exact) mass is 278 g/mol. The number of hydrogen-bond acceptors (Lipinski definition) is 2. The molecule has 0 saturated carbocycles. The molecule has 0 aliphatic heterocycles. The first-order valence-electron chi connectivity index (χ1n) is 7.56. The zero-order chi connectivity index (χ0) is 13.8. The van der Waals surface area contributed by atoms with Gasteiger partial charge in [0.05, 0.1) is 0 Å². The van der Waals surface area contributed by atoms with Crippen LogP contribution in [0.5, 0.6) is 0 Å². The van der Waals surface area contributed by atoms with Gasteiger partial charge in [0.2, 0.25) is 5.12 Å². The average Bonchev–Trinajstić information content (AvgIpc) is 2.46. The van der Waals surface area contributed by atoms with E-state index in [4.69, 9.17) is 0 Å². The van der Waals surface area contributed by atoms with Crippen LogP contribution in [0, 0.1) is 0 Å². The molecule has 0 aliphatic rings. The molecule has 1 nitrogen and oxygen atoms in total. The van der Waals surface area contributed by atoms with Crippen molar-refractivity contribution in [2.45, 2.75) is 58.3 Å². The van der Waals surface area contributed by atoms with Gasteiger partial charge in [-0.2, -0.15) is 0 Å². The summed E-state index contributed by atoms with van der Waals surface area (Å²) in [5.74, 6) is 0.961. The van der Waals surface area contributed by atoms with Crippen LogP contribution in [0.2, 0.25) is 0 Å². The van der Waals surface area contributed by atoms with Crippen LogP contribution in [0.25, 0.3) is 0 Å². The Kier molecular flexibility index (Phi) is 9.52. The first-order chi connectivity index (χ1) is 9.34. The lowest BCUT2D eigenvalue weighted by Crippen LogP contribution is -1.94. The maximum absolute atomic E-state index is 11.8. The van der Waals surface area contributed by atoms with Gasteiger partial charge in [0.15, 0.2) is 0 Å². The van der Waals surface area contributed by atoms with Crippen molar-refractivity contribution in [2.24, 2.45) is 0 Å². The third-order valence-electron chi connectivity index (χ3n) is 3.24. The van der Waals surface area contributed by atoms with Gasteiger partial charge in [-0.25, -0.2) is 0 Å². The van der Waals surface area contributed by atoms with Crippen LogP contribution in [0.15, 0.2) is 30.3 Å². The van der Waals surface area contributed by atoms with E-state index in [0.29, 0.717) is 0 Å². The summed E-state index contributed by atoms with van der Waals surface area (Å²) in [5, 5.41) is 0.212. The van der Waals surface area contributed by atoms with E-state index in [-0.39, 0.29) is 5.12 Å². The summed E-state index contributed by atoms with van der Waals surface area (Å²) in [4.78, 5) is 11.8. The fourth-order valence-corrected chi connectivity index (χ4v) is 2.89. The van der Waals surface area contributed by atoms with Crippen molar-refractivity contribution in [2.75, 3.05) is 5.75 Å². The Morgan fingerprint density at radius 3 is 2.11 bits per heavy atom. The number of unbranched alkanes of at least 4 members (excludes halogenated alkanes) is 7. The van der Waals surface area contributed by atoms with Crippen molar-refractivity contribution in [3.05, 3.63) is 35.9 Å². The fourth-order valence-electron chi connectivity index (χ4n) is 2.06. The first-order valence-corrected chi connectivity index (χ1v) is 8.55. The van der Waals surface area contributed by atoms with Crippen LogP contribution >= 0.6 is 11.8 Å². The molecule has 0 amide bonds. The minimum absolute atomic E-state index is 0.212. The highest BCUT2D eigenvalue weighted by Crippen LogP contribution is 2.15. The standard InChI is InChI=1S/C17H26OS/c1-2-3-4-5-6-7-8-12-15-19-17(18)16-13-10-9-11-14-16/h9-11,13-14H,2-8,12,15H2,1H3. The lowest BCUT2D eigenvalue weighted by atomic mass is 10.1. The predicted molar refractivity (Wildman–Crippen MR) is 85.8 cm³/mol. The maximum Gasteiger partial charge on any atom is 0.219 e. The van der Waals surface area contributed by atoms with Crippen LogP contribution in [0.4, 0.5) is 0 Å². The molecule has 1 aromatic carbocycles. The molecule has 0 aromatic heterocycles. The summed E-state index contributed by atoms with van der Waals surface area (Å²) in [6.07, 6.45) is 10.6. The van der Waals surface area contributed by atoms with Crippen molar-refractivity contribution < 1.29 is 4.79 Å². The molecule has 0 N–H and O–H groups in total. The third kappa shape index (κ3) is 8.10. The highest BCUT2D eigenvalue weighted by Gasteiger charge is 2.04. The second-order valence-corrected chi connectivity index (χ2v) is 6.04. The quantitative estimate of drug-likeness (QED) is 0.511. The molecular weight excluding hydrogens is 252 g/mol. The van der Waals surface area contributed by atoms with Crippen LogP contribution in [0.1, 0.15) is 68.6 Å². The zero-order valence-corrected chi connectivity index (χ0v) is 12.9. The molecule has 0 atom stereocenters. The smallest absolute Gasteiger partial charge is 0.219 e. The molecule has 1 rings (SSSR count). The number of carbonyl (C=O) groups excluding carboxylic acids is 1. The topological polar surface area (TPSA) is 17.1 Å². The van der Waals surface area contributed by atoms with E-state index in [1.165, 1.54) is 56.7 Å². The highest BCUT2D eigenvalue weighted by atomic mass is 32.2. The van der Waals surface area contributed by atoms with Gasteiger partial charge >= 0.3 is 0 Å². The summed E-state index contributed by atoms with van der Waals surface area (Å²) < 4.78 is 0. The van der Waals surface area contributed by atoms with Gasteiger partial charge in [-0.1, -0.05) is 94.0 Å². The van der Waals surface area contributed by atoms with Crippen LogP contribution in [-0.4, -0.2) is 10.9 Å². The molecule has 2 heteroatoms. The average molecular weight is 278 g/mol. The van der Waals surface area contributed by atoms with Gasteiger partial charge in [0, 0.05) is 11.3 Å². The van der Waals surface area contributed by atoms with Crippen molar-refractivity contribution in [1.82, 2.24) is 0 Å². The fraction of sp³-hybridized carbons (Fsp3) is 0.588. The number of thioether (sulfide) groups is 1.